The SMILES string of the molecule is O=S(=O)(Cc1ccc(-c2ccc3c(c2)CCC2(CCN(Cc4c(F)cccc4Cl)CC2)O3)cc1)Cc1ccccn1. The zero-order valence-corrected chi connectivity index (χ0v) is 24.3. The molecule has 8 heteroatoms. The van der Waals surface area contributed by atoms with Gasteiger partial charge in [-0.2, -0.15) is 0 Å². The monoisotopic (exact) mass is 590 g/mol. The fourth-order valence-corrected chi connectivity index (χ4v) is 7.53. The Bertz CT molecular complexity index is 1620. The molecule has 1 aromatic heterocycles. The summed E-state index contributed by atoms with van der Waals surface area (Å²) >= 11 is 6.25. The molecule has 0 atom stereocenters. The smallest absolute Gasteiger partial charge is 0.160 e. The second-order valence-corrected chi connectivity index (χ2v) is 13.6. The van der Waals surface area contributed by atoms with Crippen LogP contribution >= 0.6 is 11.6 Å². The number of fused-ring (bicyclic) bond motifs is 1. The van der Waals surface area contributed by atoms with Crippen LogP contribution in [0.3, 0.4) is 0 Å². The normalized spacial score (nSPS) is 16.7. The molecule has 6 rings (SSSR count). The number of halogens is 2. The van der Waals surface area contributed by atoms with E-state index in [4.69, 9.17) is 16.3 Å². The van der Waals surface area contributed by atoms with Gasteiger partial charge >= 0.3 is 0 Å². The molecule has 0 unspecified atom stereocenters. The van der Waals surface area contributed by atoms with Crippen molar-refractivity contribution in [1.29, 1.82) is 0 Å². The van der Waals surface area contributed by atoms with E-state index in [0.717, 1.165) is 61.2 Å². The first kappa shape index (κ1) is 27.9. The van der Waals surface area contributed by atoms with Crippen LogP contribution in [0.25, 0.3) is 11.1 Å². The van der Waals surface area contributed by atoms with Crippen molar-refractivity contribution in [3.8, 4) is 16.9 Å². The summed E-state index contributed by atoms with van der Waals surface area (Å²) in [5.41, 5.74) is 5.01. The van der Waals surface area contributed by atoms with E-state index in [1.807, 2.05) is 24.3 Å². The van der Waals surface area contributed by atoms with Crippen molar-refractivity contribution >= 4 is 21.4 Å². The predicted molar refractivity (Wildman–Crippen MR) is 160 cm³/mol. The number of hydrogen-bond acceptors (Lipinski definition) is 5. The molecule has 41 heavy (non-hydrogen) atoms. The van der Waals surface area contributed by atoms with Crippen molar-refractivity contribution in [3.05, 3.63) is 118 Å². The Kier molecular flexibility index (Phi) is 7.86. The van der Waals surface area contributed by atoms with Crippen LogP contribution in [-0.2, 0) is 34.3 Å². The lowest BCUT2D eigenvalue weighted by atomic mass is 9.82. The molecule has 1 saturated heterocycles. The summed E-state index contributed by atoms with van der Waals surface area (Å²) in [6.45, 7) is 2.18. The number of piperidine rings is 1. The average Bonchev–Trinajstić information content (AvgIpc) is 2.96. The largest absolute Gasteiger partial charge is 0.487 e. The third-order valence-electron chi connectivity index (χ3n) is 8.22. The fourth-order valence-electron chi connectivity index (χ4n) is 5.89. The lowest BCUT2D eigenvalue weighted by molar-refractivity contribution is -0.0164. The summed E-state index contributed by atoms with van der Waals surface area (Å²) in [6, 6.07) is 24.2. The summed E-state index contributed by atoms with van der Waals surface area (Å²) in [5.74, 6) is 0.591. The average molecular weight is 591 g/mol. The van der Waals surface area contributed by atoms with Gasteiger partial charge in [0.25, 0.3) is 0 Å². The summed E-state index contributed by atoms with van der Waals surface area (Å²) in [6.07, 6.45) is 5.28. The Labute approximate surface area is 245 Å². The lowest BCUT2D eigenvalue weighted by Crippen LogP contribution is -2.49. The molecule has 1 spiro atoms. The molecule has 0 aliphatic carbocycles. The van der Waals surface area contributed by atoms with Gasteiger partial charge in [-0.05, 0) is 84.3 Å². The van der Waals surface area contributed by atoms with E-state index in [0.29, 0.717) is 22.8 Å². The number of ether oxygens (including phenoxy) is 1. The molecule has 0 amide bonds. The third-order valence-corrected chi connectivity index (χ3v) is 10.1. The van der Waals surface area contributed by atoms with E-state index in [-0.39, 0.29) is 22.9 Å². The van der Waals surface area contributed by atoms with Gasteiger partial charge in [0.05, 0.1) is 17.2 Å². The number of pyridine rings is 1. The topological polar surface area (TPSA) is 59.5 Å². The van der Waals surface area contributed by atoms with Gasteiger partial charge in [-0.15, -0.1) is 0 Å². The minimum atomic E-state index is -3.32. The number of sulfone groups is 1. The molecule has 212 valence electrons. The third kappa shape index (κ3) is 6.48. The van der Waals surface area contributed by atoms with Crippen LogP contribution in [0.2, 0.25) is 5.02 Å². The van der Waals surface area contributed by atoms with E-state index in [1.54, 1.807) is 36.5 Å². The van der Waals surface area contributed by atoms with E-state index in [9.17, 15) is 12.8 Å². The quantitative estimate of drug-likeness (QED) is 0.232. The van der Waals surface area contributed by atoms with Crippen LogP contribution in [0, 0.1) is 5.82 Å². The zero-order chi connectivity index (χ0) is 28.5. The summed E-state index contributed by atoms with van der Waals surface area (Å²) < 4.78 is 46.2. The minimum absolute atomic E-state index is 0.0191. The number of nitrogens with zero attached hydrogens (tertiary/aromatic N) is 2. The maximum absolute atomic E-state index is 14.3. The van der Waals surface area contributed by atoms with Gasteiger partial charge in [-0.1, -0.05) is 54.1 Å². The maximum atomic E-state index is 14.3. The molecule has 2 aliphatic heterocycles. The Balaban J connectivity index is 1.08. The van der Waals surface area contributed by atoms with E-state index < -0.39 is 9.84 Å². The molecule has 0 saturated carbocycles. The molecular formula is C33H32ClFN2O3S. The Morgan fingerprint density at radius 2 is 1.68 bits per heavy atom. The van der Waals surface area contributed by atoms with E-state index in [1.165, 1.54) is 11.6 Å². The first-order valence-electron chi connectivity index (χ1n) is 13.9. The van der Waals surface area contributed by atoms with E-state index in [2.05, 4.69) is 28.1 Å². The molecule has 0 N–H and O–H groups in total. The molecule has 0 bridgehead atoms. The highest BCUT2D eigenvalue weighted by atomic mass is 35.5. The molecular weight excluding hydrogens is 559 g/mol. The van der Waals surface area contributed by atoms with Crippen molar-refractivity contribution in [2.75, 3.05) is 13.1 Å². The van der Waals surface area contributed by atoms with Crippen molar-refractivity contribution in [3.63, 3.8) is 0 Å². The highest BCUT2D eigenvalue weighted by molar-refractivity contribution is 7.89. The van der Waals surface area contributed by atoms with Crippen LogP contribution in [0.15, 0.2) is 85.1 Å². The first-order chi connectivity index (χ1) is 19.8. The van der Waals surface area contributed by atoms with Gasteiger partial charge < -0.3 is 4.74 Å². The van der Waals surface area contributed by atoms with E-state index >= 15 is 0 Å². The Hall–Kier alpha value is -3.26. The number of hydrogen-bond donors (Lipinski definition) is 0. The van der Waals surface area contributed by atoms with Gasteiger partial charge in [-0.3, -0.25) is 9.88 Å². The molecule has 3 heterocycles. The number of likely N-dealkylation sites (tertiary alicyclic amines) is 1. The molecule has 2 aliphatic rings. The second-order valence-electron chi connectivity index (χ2n) is 11.1. The number of aromatic nitrogens is 1. The Morgan fingerprint density at radius 1 is 0.902 bits per heavy atom. The standard InChI is InChI=1S/C33H32ClFN2O3S/c34-30-5-3-6-31(35)29(30)21-37-18-15-33(16-19-37)14-13-27-20-26(11-12-32(27)40-33)25-9-7-24(8-10-25)22-41(38,39)23-28-4-1-2-17-36-28/h1-12,17,20H,13-16,18-19,21-23H2. The lowest BCUT2D eigenvalue weighted by Gasteiger charge is -2.44. The second kappa shape index (κ2) is 11.6. The molecule has 1 fully saturated rings. The summed E-state index contributed by atoms with van der Waals surface area (Å²) in [7, 11) is -3.32. The molecule has 4 aromatic rings. The first-order valence-corrected chi connectivity index (χ1v) is 16.1. The van der Waals surface area contributed by atoms with Gasteiger partial charge in [0, 0.05) is 36.4 Å². The van der Waals surface area contributed by atoms with Gasteiger partial charge in [-0.25, -0.2) is 12.8 Å². The van der Waals surface area contributed by atoms with Crippen LogP contribution in [0.1, 0.15) is 41.6 Å². The van der Waals surface area contributed by atoms with Crippen molar-refractivity contribution in [1.82, 2.24) is 9.88 Å². The number of aryl methyl sites for hydroxylation is 1. The van der Waals surface area contributed by atoms with Gasteiger partial charge in [0.1, 0.15) is 17.2 Å². The van der Waals surface area contributed by atoms with Crippen molar-refractivity contribution in [2.45, 2.75) is 49.3 Å². The maximum Gasteiger partial charge on any atom is 0.160 e. The Morgan fingerprint density at radius 3 is 2.41 bits per heavy atom. The summed E-state index contributed by atoms with van der Waals surface area (Å²) in [5, 5.41) is 0.476. The van der Waals surface area contributed by atoms with Crippen LogP contribution in [0.4, 0.5) is 4.39 Å². The van der Waals surface area contributed by atoms with Gasteiger partial charge in [0.15, 0.2) is 9.84 Å². The predicted octanol–water partition coefficient (Wildman–Crippen LogP) is 7.02. The van der Waals surface area contributed by atoms with Crippen LogP contribution in [-0.4, -0.2) is 37.0 Å². The van der Waals surface area contributed by atoms with Crippen LogP contribution < -0.4 is 4.74 Å². The van der Waals surface area contributed by atoms with Crippen LogP contribution in [0.5, 0.6) is 5.75 Å². The highest BCUT2D eigenvalue weighted by Crippen LogP contribution is 2.41. The highest BCUT2D eigenvalue weighted by Gasteiger charge is 2.39. The molecule has 0 radical (unpaired) electrons. The van der Waals surface area contributed by atoms with Crippen molar-refractivity contribution in [2.24, 2.45) is 0 Å². The number of rotatable bonds is 7. The summed E-state index contributed by atoms with van der Waals surface area (Å²) in [4.78, 5) is 6.39. The molecule has 5 nitrogen and oxygen atoms in total. The van der Waals surface area contributed by atoms with Crippen molar-refractivity contribution < 1.29 is 17.5 Å². The fraction of sp³-hybridized carbons (Fsp3) is 0.303. The zero-order valence-electron chi connectivity index (χ0n) is 22.7. The number of benzene rings is 3. The minimum Gasteiger partial charge on any atom is -0.487 e. The molecule has 3 aromatic carbocycles. The van der Waals surface area contributed by atoms with Gasteiger partial charge in [0.2, 0.25) is 0 Å².